The molecule has 2 rings (SSSR count). The lowest BCUT2D eigenvalue weighted by Crippen LogP contribution is -2.25. The molecule has 88 valence electrons. The van der Waals surface area contributed by atoms with Crippen LogP contribution in [0, 0.1) is 5.92 Å². The van der Waals surface area contributed by atoms with Crippen molar-refractivity contribution in [3.05, 3.63) is 29.3 Å². The minimum Gasteiger partial charge on any atom is -0.371 e. The molecule has 1 aliphatic rings. The summed E-state index contributed by atoms with van der Waals surface area (Å²) in [6, 6.07) is 6.83. The Kier molecular flexibility index (Phi) is 3.20. The fourth-order valence-corrected chi connectivity index (χ4v) is 2.40. The van der Waals surface area contributed by atoms with Gasteiger partial charge in [0.2, 0.25) is 0 Å². The number of nitrogens with two attached hydrogens (primary N) is 1. The van der Waals surface area contributed by atoms with Crippen molar-refractivity contribution < 1.29 is 0 Å². The Balaban J connectivity index is 2.22. The first kappa shape index (κ1) is 11.5. The van der Waals surface area contributed by atoms with Gasteiger partial charge >= 0.3 is 0 Å². The Hall–Kier alpha value is -1.02. The van der Waals surface area contributed by atoms with Crippen molar-refractivity contribution >= 4 is 5.69 Å². The zero-order valence-electron chi connectivity index (χ0n) is 10.5. The van der Waals surface area contributed by atoms with Crippen molar-refractivity contribution in [2.24, 2.45) is 11.7 Å². The first-order chi connectivity index (χ1) is 7.58. The van der Waals surface area contributed by atoms with Gasteiger partial charge in [0.15, 0.2) is 0 Å². The van der Waals surface area contributed by atoms with E-state index in [9.17, 15) is 0 Å². The summed E-state index contributed by atoms with van der Waals surface area (Å²) in [5.74, 6) is 0.721. The maximum atomic E-state index is 5.91. The van der Waals surface area contributed by atoms with Gasteiger partial charge in [-0.3, -0.25) is 0 Å². The van der Waals surface area contributed by atoms with Crippen LogP contribution in [-0.4, -0.2) is 13.1 Å². The zero-order chi connectivity index (χ0) is 11.7. The quantitative estimate of drug-likeness (QED) is 0.845. The van der Waals surface area contributed by atoms with Crippen molar-refractivity contribution in [1.29, 1.82) is 0 Å². The van der Waals surface area contributed by atoms with Crippen LogP contribution < -0.4 is 10.6 Å². The molecule has 1 unspecified atom stereocenters. The Morgan fingerprint density at radius 3 is 2.69 bits per heavy atom. The summed E-state index contributed by atoms with van der Waals surface area (Å²) in [6.07, 6.45) is 1.17. The average Bonchev–Trinajstić information content (AvgIpc) is 2.60. The maximum absolute atomic E-state index is 5.91. The third-order valence-electron chi connectivity index (χ3n) is 3.21. The van der Waals surface area contributed by atoms with Gasteiger partial charge in [-0.05, 0) is 36.5 Å². The number of fused-ring (bicyclic) bond motifs is 1. The summed E-state index contributed by atoms with van der Waals surface area (Å²) in [6.45, 7) is 8.91. The number of rotatable bonds is 3. The minimum absolute atomic E-state index is 0.143. The second-order valence-electron chi connectivity index (χ2n) is 5.27. The van der Waals surface area contributed by atoms with Crippen LogP contribution in [0.3, 0.4) is 0 Å². The fraction of sp³-hybridized carbons (Fsp3) is 0.571. The molecule has 2 N–H and O–H groups in total. The van der Waals surface area contributed by atoms with Crippen LogP contribution in [0.15, 0.2) is 18.2 Å². The van der Waals surface area contributed by atoms with Gasteiger partial charge in [-0.25, -0.2) is 0 Å². The Morgan fingerprint density at radius 1 is 1.31 bits per heavy atom. The van der Waals surface area contributed by atoms with E-state index in [0.717, 1.165) is 19.0 Å². The number of benzene rings is 1. The van der Waals surface area contributed by atoms with Crippen molar-refractivity contribution in [3.8, 4) is 0 Å². The Bertz CT molecular complexity index is 369. The van der Waals surface area contributed by atoms with Gasteiger partial charge in [0.1, 0.15) is 0 Å². The van der Waals surface area contributed by atoms with Crippen LogP contribution in [-0.2, 0) is 6.42 Å². The topological polar surface area (TPSA) is 29.3 Å². The van der Waals surface area contributed by atoms with E-state index < -0.39 is 0 Å². The molecule has 2 heteroatoms. The van der Waals surface area contributed by atoms with Crippen molar-refractivity contribution in [1.82, 2.24) is 0 Å². The molecule has 0 bridgehead atoms. The third-order valence-corrected chi connectivity index (χ3v) is 3.21. The highest BCUT2D eigenvalue weighted by Gasteiger charge is 2.20. The summed E-state index contributed by atoms with van der Waals surface area (Å²) in [5, 5.41) is 0. The summed E-state index contributed by atoms with van der Waals surface area (Å²) in [7, 11) is 0. The summed E-state index contributed by atoms with van der Waals surface area (Å²) in [5.41, 5.74) is 10.0. The van der Waals surface area contributed by atoms with Gasteiger partial charge in [-0.15, -0.1) is 0 Å². The molecule has 0 radical (unpaired) electrons. The van der Waals surface area contributed by atoms with Crippen LogP contribution in [0.2, 0.25) is 0 Å². The predicted molar refractivity (Wildman–Crippen MR) is 69.8 cm³/mol. The molecule has 1 aliphatic heterocycles. The number of anilines is 1. The fourth-order valence-electron chi connectivity index (χ4n) is 2.40. The molecular weight excluding hydrogens is 196 g/mol. The number of hydrogen-bond acceptors (Lipinski definition) is 2. The van der Waals surface area contributed by atoms with E-state index >= 15 is 0 Å². The normalized spacial score (nSPS) is 16.7. The molecule has 1 aromatic carbocycles. The Labute approximate surface area is 98.4 Å². The SMILES string of the molecule is CC(C)CN1CCc2cc(C(C)N)ccc21. The molecule has 1 heterocycles. The van der Waals surface area contributed by atoms with Crippen LogP contribution in [0.25, 0.3) is 0 Å². The van der Waals surface area contributed by atoms with Crippen LogP contribution in [0.1, 0.15) is 37.9 Å². The predicted octanol–water partition coefficient (Wildman–Crippen LogP) is 2.72. The molecular formula is C14H22N2. The van der Waals surface area contributed by atoms with E-state index in [2.05, 4.69) is 36.9 Å². The second-order valence-corrected chi connectivity index (χ2v) is 5.27. The van der Waals surface area contributed by atoms with Crippen LogP contribution >= 0.6 is 0 Å². The number of hydrogen-bond donors (Lipinski definition) is 1. The summed E-state index contributed by atoms with van der Waals surface area (Å²) in [4.78, 5) is 2.49. The molecule has 0 fully saturated rings. The van der Waals surface area contributed by atoms with E-state index in [4.69, 9.17) is 5.73 Å². The van der Waals surface area contributed by atoms with Crippen molar-refractivity contribution in [2.75, 3.05) is 18.0 Å². The lowest BCUT2D eigenvalue weighted by molar-refractivity contribution is 0.622. The molecule has 0 aromatic heterocycles. The van der Waals surface area contributed by atoms with E-state index in [1.807, 2.05) is 6.92 Å². The lowest BCUT2D eigenvalue weighted by atomic mass is 10.0. The van der Waals surface area contributed by atoms with E-state index in [1.165, 1.54) is 23.2 Å². The summed E-state index contributed by atoms with van der Waals surface area (Å²) < 4.78 is 0. The van der Waals surface area contributed by atoms with Gasteiger partial charge in [0.05, 0.1) is 0 Å². The second kappa shape index (κ2) is 4.46. The van der Waals surface area contributed by atoms with Crippen molar-refractivity contribution in [2.45, 2.75) is 33.2 Å². The van der Waals surface area contributed by atoms with Gasteiger partial charge < -0.3 is 10.6 Å². The first-order valence-electron chi connectivity index (χ1n) is 6.21. The highest BCUT2D eigenvalue weighted by molar-refractivity contribution is 5.59. The van der Waals surface area contributed by atoms with Gasteiger partial charge in [-0.2, -0.15) is 0 Å². The van der Waals surface area contributed by atoms with Crippen LogP contribution in [0.5, 0.6) is 0 Å². The number of nitrogens with zero attached hydrogens (tertiary/aromatic N) is 1. The standard InChI is InChI=1S/C14H22N2/c1-10(2)9-16-7-6-13-8-12(11(3)15)4-5-14(13)16/h4-5,8,10-11H,6-7,9,15H2,1-3H3. The highest BCUT2D eigenvalue weighted by atomic mass is 15.1. The smallest absolute Gasteiger partial charge is 0.0399 e. The van der Waals surface area contributed by atoms with Gasteiger partial charge in [0, 0.05) is 24.8 Å². The lowest BCUT2D eigenvalue weighted by Gasteiger charge is -2.21. The van der Waals surface area contributed by atoms with Gasteiger partial charge in [-0.1, -0.05) is 26.0 Å². The molecule has 0 saturated carbocycles. The minimum atomic E-state index is 0.143. The van der Waals surface area contributed by atoms with Crippen LogP contribution in [0.4, 0.5) is 5.69 Å². The molecule has 2 nitrogen and oxygen atoms in total. The van der Waals surface area contributed by atoms with E-state index in [-0.39, 0.29) is 6.04 Å². The molecule has 1 atom stereocenters. The largest absolute Gasteiger partial charge is 0.371 e. The zero-order valence-corrected chi connectivity index (χ0v) is 10.5. The molecule has 0 saturated heterocycles. The third kappa shape index (κ3) is 2.22. The maximum Gasteiger partial charge on any atom is 0.0399 e. The summed E-state index contributed by atoms with van der Waals surface area (Å²) >= 11 is 0. The molecule has 0 amide bonds. The van der Waals surface area contributed by atoms with E-state index in [1.54, 1.807) is 0 Å². The molecule has 16 heavy (non-hydrogen) atoms. The van der Waals surface area contributed by atoms with Crippen molar-refractivity contribution in [3.63, 3.8) is 0 Å². The monoisotopic (exact) mass is 218 g/mol. The van der Waals surface area contributed by atoms with E-state index in [0.29, 0.717) is 0 Å². The van der Waals surface area contributed by atoms with Gasteiger partial charge in [0.25, 0.3) is 0 Å². The molecule has 0 spiro atoms. The highest BCUT2D eigenvalue weighted by Crippen LogP contribution is 2.30. The average molecular weight is 218 g/mol. The molecule has 1 aromatic rings. The Morgan fingerprint density at radius 2 is 2.06 bits per heavy atom. The first-order valence-corrected chi connectivity index (χ1v) is 6.21. The molecule has 0 aliphatic carbocycles.